The molecule has 2 rings (SSSR count). The van der Waals surface area contributed by atoms with Crippen LogP contribution in [0.3, 0.4) is 0 Å². The number of hydrogen-bond acceptors (Lipinski definition) is 4. The van der Waals surface area contributed by atoms with Gasteiger partial charge in [0.2, 0.25) is 21.8 Å². The average Bonchev–Trinajstić information content (AvgIpc) is 2.54. The highest BCUT2D eigenvalue weighted by Gasteiger charge is 2.26. The van der Waals surface area contributed by atoms with E-state index in [-0.39, 0.29) is 24.9 Å². The van der Waals surface area contributed by atoms with Crippen LogP contribution in [0.15, 0.2) is 30.3 Å². The van der Waals surface area contributed by atoms with Crippen molar-refractivity contribution < 1.29 is 18.0 Å². The van der Waals surface area contributed by atoms with Crippen LogP contribution < -0.4 is 0 Å². The minimum Gasteiger partial charge on any atom is -0.339 e. The second kappa shape index (κ2) is 7.76. The summed E-state index contributed by atoms with van der Waals surface area (Å²) in [5, 5.41) is 0. The fourth-order valence-electron chi connectivity index (χ4n) is 2.60. The predicted octanol–water partition coefficient (Wildman–Crippen LogP) is 0.139. The van der Waals surface area contributed by atoms with Crippen LogP contribution in [0, 0.1) is 0 Å². The minimum absolute atomic E-state index is 0.0102. The summed E-state index contributed by atoms with van der Waals surface area (Å²) in [6.45, 7) is 3.31. The molecule has 132 valence electrons. The molecule has 1 aromatic carbocycles. The molecule has 1 aromatic rings. The summed E-state index contributed by atoms with van der Waals surface area (Å²) in [4.78, 5) is 27.1. The molecule has 1 saturated heterocycles. The molecule has 0 saturated carbocycles. The minimum atomic E-state index is -3.50. The van der Waals surface area contributed by atoms with Crippen molar-refractivity contribution in [2.45, 2.75) is 13.5 Å². The van der Waals surface area contributed by atoms with Gasteiger partial charge in [0.15, 0.2) is 0 Å². The highest BCUT2D eigenvalue weighted by molar-refractivity contribution is 7.88. The summed E-state index contributed by atoms with van der Waals surface area (Å²) < 4.78 is 25.2. The number of sulfonamides is 1. The largest absolute Gasteiger partial charge is 0.339 e. The lowest BCUT2D eigenvalue weighted by atomic mass is 10.2. The van der Waals surface area contributed by atoms with Gasteiger partial charge in [0.1, 0.15) is 0 Å². The fraction of sp³-hybridized carbons (Fsp3) is 0.500. The maximum Gasteiger partial charge on any atom is 0.238 e. The molecular weight excluding hydrogens is 330 g/mol. The lowest BCUT2D eigenvalue weighted by Gasteiger charge is -2.35. The summed E-state index contributed by atoms with van der Waals surface area (Å²) in [6.07, 6.45) is 1.11. The Morgan fingerprint density at radius 1 is 1.04 bits per heavy atom. The third-order valence-electron chi connectivity index (χ3n) is 4.06. The molecule has 0 aromatic heterocycles. The number of hydrogen-bond donors (Lipinski definition) is 0. The monoisotopic (exact) mass is 353 g/mol. The first-order valence-corrected chi connectivity index (χ1v) is 9.64. The molecule has 0 radical (unpaired) electrons. The van der Waals surface area contributed by atoms with Gasteiger partial charge in [-0.15, -0.1) is 0 Å². The molecular formula is C16H23N3O4S. The Balaban J connectivity index is 1.99. The molecule has 0 atom stereocenters. The van der Waals surface area contributed by atoms with E-state index in [4.69, 9.17) is 0 Å². The number of amides is 2. The van der Waals surface area contributed by atoms with Crippen molar-refractivity contribution in [1.29, 1.82) is 0 Å². The Morgan fingerprint density at radius 3 is 2.08 bits per heavy atom. The number of rotatable bonds is 5. The van der Waals surface area contributed by atoms with E-state index in [1.54, 1.807) is 9.80 Å². The van der Waals surface area contributed by atoms with Crippen LogP contribution in [-0.4, -0.2) is 73.3 Å². The molecule has 24 heavy (non-hydrogen) atoms. The molecule has 7 nitrogen and oxygen atoms in total. The number of nitrogens with zero attached hydrogens (tertiary/aromatic N) is 3. The molecule has 1 aliphatic heterocycles. The molecule has 1 fully saturated rings. The average molecular weight is 353 g/mol. The number of piperazine rings is 1. The van der Waals surface area contributed by atoms with Crippen LogP contribution in [0.4, 0.5) is 0 Å². The molecule has 1 aliphatic rings. The van der Waals surface area contributed by atoms with Crippen molar-refractivity contribution >= 4 is 21.8 Å². The SMILES string of the molecule is CC(=O)N1CCN(C(=O)CN(Cc2ccccc2)S(C)(=O)=O)CC1. The van der Waals surface area contributed by atoms with Crippen LogP contribution in [-0.2, 0) is 26.2 Å². The number of benzene rings is 1. The molecule has 0 bridgehead atoms. The van der Waals surface area contributed by atoms with Gasteiger partial charge in [-0.1, -0.05) is 30.3 Å². The van der Waals surface area contributed by atoms with Gasteiger partial charge in [-0.05, 0) is 5.56 Å². The summed E-state index contributed by atoms with van der Waals surface area (Å²) in [5.74, 6) is -0.247. The number of carbonyl (C=O) groups is 2. The van der Waals surface area contributed by atoms with Crippen molar-refractivity contribution in [3.8, 4) is 0 Å². The van der Waals surface area contributed by atoms with Gasteiger partial charge >= 0.3 is 0 Å². The molecule has 0 aliphatic carbocycles. The van der Waals surface area contributed by atoms with E-state index in [9.17, 15) is 18.0 Å². The highest BCUT2D eigenvalue weighted by atomic mass is 32.2. The van der Waals surface area contributed by atoms with Crippen LogP contribution >= 0.6 is 0 Å². The van der Waals surface area contributed by atoms with E-state index in [0.717, 1.165) is 11.8 Å². The van der Waals surface area contributed by atoms with Crippen LogP contribution in [0.1, 0.15) is 12.5 Å². The van der Waals surface area contributed by atoms with Crippen molar-refractivity contribution in [3.05, 3.63) is 35.9 Å². The topological polar surface area (TPSA) is 78.0 Å². The lowest BCUT2D eigenvalue weighted by Crippen LogP contribution is -2.52. The van der Waals surface area contributed by atoms with Crippen molar-refractivity contribution in [1.82, 2.24) is 14.1 Å². The molecule has 0 N–H and O–H groups in total. The molecule has 0 unspecified atom stereocenters. The summed E-state index contributed by atoms with van der Waals surface area (Å²) >= 11 is 0. The van der Waals surface area contributed by atoms with E-state index in [0.29, 0.717) is 26.2 Å². The zero-order chi connectivity index (χ0) is 17.7. The van der Waals surface area contributed by atoms with Crippen molar-refractivity contribution in [2.24, 2.45) is 0 Å². The Kier molecular flexibility index (Phi) is 5.95. The van der Waals surface area contributed by atoms with Gasteiger partial charge in [0.25, 0.3) is 0 Å². The third-order valence-corrected chi connectivity index (χ3v) is 5.26. The number of carbonyl (C=O) groups excluding carboxylic acids is 2. The molecule has 0 spiro atoms. The second-order valence-corrected chi connectivity index (χ2v) is 7.89. The van der Waals surface area contributed by atoms with Gasteiger partial charge in [0, 0.05) is 39.6 Å². The van der Waals surface area contributed by atoms with E-state index in [1.165, 1.54) is 11.2 Å². The van der Waals surface area contributed by atoms with E-state index in [2.05, 4.69) is 0 Å². The first-order valence-electron chi connectivity index (χ1n) is 7.79. The Bertz CT molecular complexity index is 683. The van der Waals surface area contributed by atoms with Crippen LogP contribution in [0.2, 0.25) is 0 Å². The van der Waals surface area contributed by atoms with Gasteiger partial charge in [-0.2, -0.15) is 4.31 Å². The smallest absolute Gasteiger partial charge is 0.238 e. The summed E-state index contributed by atoms with van der Waals surface area (Å²) in [7, 11) is -3.50. The Labute approximate surface area is 142 Å². The molecule has 8 heteroatoms. The first-order chi connectivity index (χ1) is 11.3. The lowest BCUT2D eigenvalue weighted by molar-refractivity contribution is -0.138. The standard InChI is InChI=1S/C16H23N3O4S/c1-14(20)17-8-10-18(11-9-17)16(21)13-19(24(2,22)23)12-15-6-4-3-5-7-15/h3-7H,8-13H2,1-2H3. The maximum absolute atomic E-state index is 12.4. The van der Waals surface area contributed by atoms with E-state index < -0.39 is 10.0 Å². The van der Waals surface area contributed by atoms with Gasteiger partial charge in [-0.3, -0.25) is 9.59 Å². The van der Waals surface area contributed by atoms with Crippen LogP contribution in [0.25, 0.3) is 0 Å². The second-order valence-electron chi connectivity index (χ2n) is 5.90. The van der Waals surface area contributed by atoms with Gasteiger partial charge < -0.3 is 9.80 Å². The Hall–Kier alpha value is -1.93. The van der Waals surface area contributed by atoms with E-state index >= 15 is 0 Å². The molecule has 2 amide bonds. The van der Waals surface area contributed by atoms with Gasteiger partial charge in [0.05, 0.1) is 12.8 Å². The van der Waals surface area contributed by atoms with Crippen molar-refractivity contribution in [3.63, 3.8) is 0 Å². The summed E-state index contributed by atoms with van der Waals surface area (Å²) in [5.41, 5.74) is 0.831. The quantitative estimate of drug-likeness (QED) is 0.754. The predicted molar refractivity (Wildman–Crippen MR) is 90.5 cm³/mol. The highest BCUT2D eigenvalue weighted by Crippen LogP contribution is 2.10. The van der Waals surface area contributed by atoms with Crippen LogP contribution in [0.5, 0.6) is 0 Å². The first kappa shape index (κ1) is 18.4. The third kappa shape index (κ3) is 5.04. The normalized spacial score (nSPS) is 15.6. The van der Waals surface area contributed by atoms with E-state index in [1.807, 2.05) is 30.3 Å². The Morgan fingerprint density at radius 2 is 1.58 bits per heavy atom. The maximum atomic E-state index is 12.4. The zero-order valence-corrected chi connectivity index (χ0v) is 14.8. The zero-order valence-electron chi connectivity index (χ0n) is 14.0. The fourth-order valence-corrected chi connectivity index (χ4v) is 3.33. The molecule has 1 heterocycles. The summed E-state index contributed by atoms with van der Waals surface area (Å²) in [6, 6.07) is 9.17. The van der Waals surface area contributed by atoms with Gasteiger partial charge in [-0.25, -0.2) is 8.42 Å². The van der Waals surface area contributed by atoms with Crippen molar-refractivity contribution in [2.75, 3.05) is 39.0 Å².